The first-order valence-corrected chi connectivity index (χ1v) is 6.37. The number of benzene rings is 1. The highest BCUT2D eigenvalue weighted by Crippen LogP contribution is 2.17. The normalized spacial score (nSPS) is 13.1. The number of para-hydroxylation sites is 2. The molecule has 1 aromatic heterocycles. The average molecular weight is 231 g/mol. The topological polar surface area (TPSA) is 29.9 Å². The summed E-state index contributed by atoms with van der Waals surface area (Å²) in [6.45, 7) is 5.38. The molecule has 1 N–H and O–H groups in total. The molecular weight excluding hydrogens is 210 g/mol. The van der Waals surface area contributed by atoms with Crippen LogP contribution in [0.25, 0.3) is 11.0 Å². The quantitative estimate of drug-likeness (QED) is 0.857. The predicted octanol–water partition coefficient (Wildman–Crippen LogP) is 2.60. The van der Waals surface area contributed by atoms with E-state index in [2.05, 4.69) is 48.0 Å². The van der Waals surface area contributed by atoms with Crippen molar-refractivity contribution < 1.29 is 0 Å². The molecule has 0 aliphatic heterocycles. The molecule has 0 saturated carbocycles. The van der Waals surface area contributed by atoms with Gasteiger partial charge in [0.05, 0.1) is 11.0 Å². The van der Waals surface area contributed by atoms with E-state index in [0.717, 1.165) is 24.9 Å². The second kappa shape index (κ2) is 5.32. The number of aromatic nitrogens is 2. The van der Waals surface area contributed by atoms with E-state index in [4.69, 9.17) is 4.98 Å². The molecular formula is C14H21N3. The van der Waals surface area contributed by atoms with Gasteiger partial charge in [-0.3, -0.25) is 0 Å². The van der Waals surface area contributed by atoms with E-state index in [9.17, 15) is 0 Å². The Morgan fingerprint density at radius 1 is 1.35 bits per heavy atom. The number of hydrogen-bond donors (Lipinski definition) is 1. The van der Waals surface area contributed by atoms with Gasteiger partial charge >= 0.3 is 0 Å². The van der Waals surface area contributed by atoms with E-state index in [1.807, 2.05) is 7.05 Å². The summed E-state index contributed by atoms with van der Waals surface area (Å²) in [7, 11) is 2.00. The van der Waals surface area contributed by atoms with E-state index in [1.165, 1.54) is 11.3 Å². The van der Waals surface area contributed by atoms with Crippen molar-refractivity contribution in [1.82, 2.24) is 14.9 Å². The molecule has 0 bridgehead atoms. The van der Waals surface area contributed by atoms with Crippen molar-refractivity contribution in [2.45, 2.75) is 39.3 Å². The largest absolute Gasteiger partial charge is 0.326 e. The summed E-state index contributed by atoms with van der Waals surface area (Å²) in [5.74, 6) is 1.20. The third-order valence-corrected chi connectivity index (χ3v) is 3.16. The molecule has 2 aromatic rings. The first kappa shape index (κ1) is 12.1. The Morgan fingerprint density at radius 3 is 2.82 bits per heavy atom. The van der Waals surface area contributed by atoms with Gasteiger partial charge in [-0.25, -0.2) is 4.98 Å². The lowest BCUT2D eigenvalue weighted by Crippen LogP contribution is -2.27. The summed E-state index contributed by atoms with van der Waals surface area (Å²) >= 11 is 0. The average Bonchev–Trinajstić information content (AvgIpc) is 2.68. The number of hydrogen-bond acceptors (Lipinski definition) is 2. The molecule has 17 heavy (non-hydrogen) atoms. The smallest absolute Gasteiger partial charge is 0.109 e. The minimum Gasteiger partial charge on any atom is -0.326 e. The molecule has 1 unspecified atom stereocenters. The van der Waals surface area contributed by atoms with Crippen LogP contribution in [0.5, 0.6) is 0 Å². The van der Waals surface area contributed by atoms with Crippen molar-refractivity contribution in [2.75, 3.05) is 7.05 Å². The summed E-state index contributed by atoms with van der Waals surface area (Å²) in [6, 6.07) is 8.85. The van der Waals surface area contributed by atoms with Gasteiger partial charge in [-0.2, -0.15) is 0 Å². The molecule has 92 valence electrons. The van der Waals surface area contributed by atoms with Gasteiger partial charge < -0.3 is 9.88 Å². The minimum atomic E-state index is 0.461. The van der Waals surface area contributed by atoms with Crippen molar-refractivity contribution in [3.05, 3.63) is 30.1 Å². The Labute approximate surface area is 103 Å². The van der Waals surface area contributed by atoms with Gasteiger partial charge in [-0.05, 0) is 32.5 Å². The molecule has 1 aromatic carbocycles. The van der Waals surface area contributed by atoms with E-state index < -0.39 is 0 Å². The summed E-state index contributed by atoms with van der Waals surface area (Å²) < 4.78 is 2.35. The monoisotopic (exact) mass is 231 g/mol. The van der Waals surface area contributed by atoms with Gasteiger partial charge in [0, 0.05) is 19.0 Å². The third-order valence-electron chi connectivity index (χ3n) is 3.16. The molecule has 0 aliphatic rings. The maximum atomic E-state index is 4.72. The van der Waals surface area contributed by atoms with Crippen LogP contribution >= 0.6 is 0 Å². The van der Waals surface area contributed by atoms with Crippen LogP contribution in [0.4, 0.5) is 0 Å². The lowest BCUT2D eigenvalue weighted by Gasteiger charge is -2.14. The number of aryl methyl sites for hydroxylation is 1. The Kier molecular flexibility index (Phi) is 3.79. The predicted molar refractivity (Wildman–Crippen MR) is 72.2 cm³/mol. The van der Waals surface area contributed by atoms with Crippen LogP contribution in [-0.4, -0.2) is 22.6 Å². The van der Waals surface area contributed by atoms with E-state index in [1.54, 1.807) is 0 Å². The SMILES string of the molecule is CCCc1nc2ccccc2n1CC(C)NC. The first-order valence-electron chi connectivity index (χ1n) is 6.37. The fraction of sp³-hybridized carbons (Fsp3) is 0.500. The van der Waals surface area contributed by atoms with Gasteiger partial charge in [0.25, 0.3) is 0 Å². The Morgan fingerprint density at radius 2 is 2.12 bits per heavy atom. The van der Waals surface area contributed by atoms with Gasteiger partial charge in [0.2, 0.25) is 0 Å². The van der Waals surface area contributed by atoms with Crippen LogP contribution in [0.2, 0.25) is 0 Å². The van der Waals surface area contributed by atoms with Gasteiger partial charge in [0.15, 0.2) is 0 Å². The van der Waals surface area contributed by atoms with Crippen molar-refractivity contribution in [3.63, 3.8) is 0 Å². The molecule has 3 nitrogen and oxygen atoms in total. The van der Waals surface area contributed by atoms with Gasteiger partial charge in [0.1, 0.15) is 5.82 Å². The molecule has 1 atom stereocenters. The molecule has 2 rings (SSSR count). The second-order valence-electron chi connectivity index (χ2n) is 4.57. The Hall–Kier alpha value is -1.35. The van der Waals surface area contributed by atoms with Crippen LogP contribution in [0.1, 0.15) is 26.1 Å². The highest BCUT2D eigenvalue weighted by Gasteiger charge is 2.11. The third kappa shape index (κ3) is 2.50. The highest BCUT2D eigenvalue weighted by atomic mass is 15.1. The number of likely N-dealkylation sites (N-methyl/N-ethyl adjacent to an activating group) is 1. The minimum absolute atomic E-state index is 0.461. The number of nitrogens with zero attached hydrogens (tertiary/aromatic N) is 2. The first-order chi connectivity index (χ1) is 8.26. The molecule has 3 heteroatoms. The van der Waals surface area contributed by atoms with Crippen molar-refractivity contribution in [3.8, 4) is 0 Å². The second-order valence-corrected chi connectivity index (χ2v) is 4.57. The fourth-order valence-electron chi connectivity index (χ4n) is 2.11. The van der Waals surface area contributed by atoms with Crippen LogP contribution in [-0.2, 0) is 13.0 Å². The highest BCUT2D eigenvalue weighted by molar-refractivity contribution is 5.75. The number of fused-ring (bicyclic) bond motifs is 1. The zero-order valence-corrected chi connectivity index (χ0v) is 10.9. The fourth-order valence-corrected chi connectivity index (χ4v) is 2.11. The maximum Gasteiger partial charge on any atom is 0.109 e. The van der Waals surface area contributed by atoms with Crippen LogP contribution in [0.15, 0.2) is 24.3 Å². The maximum absolute atomic E-state index is 4.72. The van der Waals surface area contributed by atoms with Crippen LogP contribution in [0.3, 0.4) is 0 Å². The zero-order chi connectivity index (χ0) is 12.3. The van der Waals surface area contributed by atoms with Gasteiger partial charge in [-0.1, -0.05) is 19.1 Å². The van der Waals surface area contributed by atoms with Crippen molar-refractivity contribution >= 4 is 11.0 Å². The molecule has 0 saturated heterocycles. The summed E-state index contributed by atoms with van der Waals surface area (Å²) in [4.78, 5) is 4.72. The van der Waals surface area contributed by atoms with Crippen molar-refractivity contribution in [1.29, 1.82) is 0 Å². The molecule has 1 heterocycles. The number of rotatable bonds is 5. The molecule has 0 spiro atoms. The van der Waals surface area contributed by atoms with E-state index in [0.29, 0.717) is 6.04 Å². The van der Waals surface area contributed by atoms with E-state index in [-0.39, 0.29) is 0 Å². The van der Waals surface area contributed by atoms with Crippen molar-refractivity contribution in [2.24, 2.45) is 0 Å². The zero-order valence-electron chi connectivity index (χ0n) is 10.9. The summed E-state index contributed by atoms with van der Waals surface area (Å²) in [6.07, 6.45) is 2.18. The van der Waals surface area contributed by atoms with Crippen LogP contribution < -0.4 is 5.32 Å². The molecule has 0 fully saturated rings. The standard InChI is InChI=1S/C14H21N3/c1-4-7-14-16-12-8-5-6-9-13(12)17(14)10-11(2)15-3/h5-6,8-9,11,15H,4,7,10H2,1-3H3. The number of imidazole rings is 1. The molecule has 0 amide bonds. The molecule has 0 aliphatic carbocycles. The molecule has 0 radical (unpaired) electrons. The lowest BCUT2D eigenvalue weighted by atomic mass is 10.2. The summed E-state index contributed by atoms with van der Waals surface area (Å²) in [5.41, 5.74) is 2.36. The lowest BCUT2D eigenvalue weighted by molar-refractivity contribution is 0.509. The van der Waals surface area contributed by atoms with Crippen LogP contribution in [0, 0.1) is 0 Å². The Bertz CT molecular complexity index is 487. The number of nitrogens with one attached hydrogen (secondary N) is 1. The van der Waals surface area contributed by atoms with E-state index >= 15 is 0 Å². The Balaban J connectivity index is 2.44. The van der Waals surface area contributed by atoms with Gasteiger partial charge in [-0.15, -0.1) is 0 Å². The summed E-state index contributed by atoms with van der Waals surface area (Å²) in [5, 5.41) is 3.29.